The lowest BCUT2D eigenvalue weighted by atomic mass is 9.90. The number of hydrogen-bond acceptors (Lipinski definition) is 5. The van der Waals surface area contributed by atoms with E-state index in [2.05, 4.69) is 22.3 Å². The Kier molecular flexibility index (Phi) is 10.6. The van der Waals surface area contributed by atoms with Crippen LogP contribution < -0.4 is 10.1 Å². The lowest BCUT2D eigenvalue weighted by Gasteiger charge is -2.42. The van der Waals surface area contributed by atoms with E-state index in [1.807, 2.05) is 24.0 Å². The molecule has 1 amide bonds. The first kappa shape index (κ1) is 25.0. The van der Waals surface area contributed by atoms with Crippen LogP contribution >= 0.6 is 24.8 Å². The molecule has 2 saturated heterocycles. The molecule has 2 aliphatic rings. The van der Waals surface area contributed by atoms with Gasteiger partial charge in [-0.05, 0) is 50.6 Å². The first-order valence-electron chi connectivity index (χ1n) is 9.66. The molecule has 6 nitrogen and oxygen atoms in total. The molecule has 28 heavy (non-hydrogen) atoms. The summed E-state index contributed by atoms with van der Waals surface area (Å²) in [5.74, 6) is 1.08. The zero-order chi connectivity index (χ0) is 18.4. The summed E-state index contributed by atoms with van der Waals surface area (Å²) >= 11 is 0. The van der Waals surface area contributed by atoms with Crippen LogP contribution in [0.3, 0.4) is 0 Å². The lowest BCUT2D eigenvalue weighted by Crippen LogP contribution is -2.59. The average Bonchev–Trinajstić information content (AvgIpc) is 2.70. The number of piperidine rings is 1. The molecule has 1 aromatic rings. The normalized spacial score (nSPS) is 19.3. The van der Waals surface area contributed by atoms with Crippen molar-refractivity contribution in [3.8, 4) is 5.75 Å². The lowest BCUT2D eigenvalue weighted by molar-refractivity contribution is -0.160. The summed E-state index contributed by atoms with van der Waals surface area (Å²) in [7, 11) is 1.67. The number of nitrogens with one attached hydrogen (secondary N) is 1. The van der Waals surface area contributed by atoms with Gasteiger partial charge in [0.05, 0.1) is 6.61 Å². The van der Waals surface area contributed by atoms with Gasteiger partial charge in [0.25, 0.3) is 5.91 Å². The van der Waals surface area contributed by atoms with Gasteiger partial charge < -0.3 is 19.7 Å². The van der Waals surface area contributed by atoms with Crippen LogP contribution in [-0.4, -0.2) is 74.3 Å². The van der Waals surface area contributed by atoms with Crippen LogP contribution in [0.1, 0.15) is 25.3 Å². The molecule has 2 heterocycles. The summed E-state index contributed by atoms with van der Waals surface area (Å²) in [4.78, 5) is 17.4. The number of carbonyl (C=O) groups excluding carboxylic acids is 1. The molecule has 1 N–H and O–H groups in total. The Bertz CT molecular complexity index is 587. The number of piperazine rings is 1. The van der Waals surface area contributed by atoms with Crippen molar-refractivity contribution < 1.29 is 14.3 Å². The van der Waals surface area contributed by atoms with E-state index in [1.54, 1.807) is 7.11 Å². The van der Waals surface area contributed by atoms with Crippen LogP contribution in [0.2, 0.25) is 0 Å². The predicted octanol–water partition coefficient (Wildman–Crippen LogP) is 2.34. The van der Waals surface area contributed by atoms with Gasteiger partial charge in [-0.2, -0.15) is 0 Å². The van der Waals surface area contributed by atoms with Crippen LogP contribution in [-0.2, 0) is 16.1 Å². The van der Waals surface area contributed by atoms with Crippen molar-refractivity contribution in [3.05, 3.63) is 29.8 Å². The number of benzene rings is 1. The summed E-state index contributed by atoms with van der Waals surface area (Å²) in [6.45, 7) is 8.62. The van der Waals surface area contributed by atoms with Gasteiger partial charge in [0.2, 0.25) is 0 Å². The number of methoxy groups -OCH3 is 1. The van der Waals surface area contributed by atoms with Gasteiger partial charge >= 0.3 is 0 Å². The van der Waals surface area contributed by atoms with Crippen molar-refractivity contribution >= 4 is 30.7 Å². The number of carbonyl (C=O) groups is 1. The molecule has 8 heteroatoms. The Morgan fingerprint density at radius 2 is 1.68 bits per heavy atom. The molecule has 2 aliphatic heterocycles. The largest absolute Gasteiger partial charge is 0.494 e. The summed E-state index contributed by atoms with van der Waals surface area (Å²) < 4.78 is 11.2. The highest BCUT2D eigenvalue weighted by molar-refractivity contribution is 5.86. The van der Waals surface area contributed by atoms with Crippen LogP contribution in [0.15, 0.2) is 24.3 Å². The Morgan fingerprint density at radius 3 is 2.21 bits per heavy atom. The van der Waals surface area contributed by atoms with Gasteiger partial charge in [0.1, 0.15) is 11.4 Å². The maximum Gasteiger partial charge on any atom is 0.254 e. The molecule has 0 bridgehead atoms. The van der Waals surface area contributed by atoms with Gasteiger partial charge in [0, 0.05) is 39.8 Å². The number of hydrogen-bond donors (Lipinski definition) is 1. The molecule has 0 aliphatic carbocycles. The van der Waals surface area contributed by atoms with E-state index in [-0.39, 0.29) is 30.7 Å². The zero-order valence-corrected chi connectivity index (χ0v) is 18.4. The summed E-state index contributed by atoms with van der Waals surface area (Å²) in [6.07, 6.45) is 1.52. The fourth-order valence-electron chi connectivity index (χ4n) is 3.85. The maximum atomic E-state index is 13.0. The number of nitrogens with zero attached hydrogens (tertiary/aromatic N) is 2. The second-order valence-corrected chi connectivity index (χ2v) is 7.09. The third-order valence-corrected chi connectivity index (χ3v) is 5.49. The van der Waals surface area contributed by atoms with E-state index in [4.69, 9.17) is 9.47 Å². The minimum atomic E-state index is -0.622. The fourth-order valence-corrected chi connectivity index (χ4v) is 3.85. The molecule has 1 aromatic carbocycles. The van der Waals surface area contributed by atoms with Gasteiger partial charge in [-0.15, -0.1) is 24.8 Å². The summed E-state index contributed by atoms with van der Waals surface area (Å²) in [5, 5.41) is 3.31. The highest BCUT2D eigenvalue weighted by Gasteiger charge is 2.42. The van der Waals surface area contributed by atoms with E-state index in [0.29, 0.717) is 6.61 Å². The van der Waals surface area contributed by atoms with Crippen molar-refractivity contribution in [2.75, 3.05) is 53.0 Å². The summed E-state index contributed by atoms with van der Waals surface area (Å²) in [5.41, 5.74) is 0.655. The minimum Gasteiger partial charge on any atom is -0.494 e. The Hall–Kier alpha value is -1.05. The van der Waals surface area contributed by atoms with E-state index < -0.39 is 5.60 Å². The smallest absolute Gasteiger partial charge is 0.254 e. The second-order valence-electron chi connectivity index (χ2n) is 7.09. The molecule has 0 radical (unpaired) electrons. The molecular weight excluding hydrogens is 401 g/mol. The third kappa shape index (κ3) is 5.97. The molecule has 2 fully saturated rings. The van der Waals surface area contributed by atoms with Crippen LogP contribution in [0.5, 0.6) is 5.75 Å². The van der Waals surface area contributed by atoms with Crippen molar-refractivity contribution in [1.82, 2.24) is 15.1 Å². The highest BCUT2D eigenvalue weighted by atomic mass is 35.5. The second kappa shape index (κ2) is 11.8. The standard InChI is InChI=1S/C20H31N3O3.2ClH/c1-3-26-18-6-4-17(5-7-18)16-22-12-14-23(15-13-22)19(24)20(25-2)8-10-21-11-9-20;;/h4-7,21H,3,8-16H2,1-2H3;2*1H. The van der Waals surface area contributed by atoms with E-state index >= 15 is 0 Å². The van der Waals surface area contributed by atoms with Crippen molar-refractivity contribution in [2.45, 2.75) is 31.9 Å². The molecule has 0 aromatic heterocycles. The average molecular weight is 434 g/mol. The Morgan fingerprint density at radius 1 is 1.07 bits per heavy atom. The number of rotatable bonds is 6. The molecule has 0 atom stereocenters. The molecule has 0 saturated carbocycles. The SMILES string of the molecule is CCOc1ccc(CN2CCN(C(=O)C3(OC)CCNCC3)CC2)cc1.Cl.Cl. The molecule has 0 spiro atoms. The van der Waals surface area contributed by atoms with Gasteiger partial charge in [-0.3, -0.25) is 9.69 Å². The van der Waals surface area contributed by atoms with E-state index in [0.717, 1.165) is 64.4 Å². The highest BCUT2D eigenvalue weighted by Crippen LogP contribution is 2.26. The minimum absolute atomic E-state index is 0. The first-order valence-corrected chi connectivity index (χ1v) is 9.66. The predicted molar refractivity (Wildman–Crippen MR) is 116 cm³/mol. The van der Waals surface area contributed by atoms with Gasteiger partial charge in [0.15, 0.2) is 0 Å². The van der Waals surface area contributed by atoms with Crippen LogP contribution in [0.4, 0.5) is 0 Å². The van der Waals surface area contributed by atoms with Gasteiger partial charge in [-0.25, -0.2) is 0 Å². The molecular formula is C20H33Cl2N3O3. The molecule has 160 valence electrons. The van der Waals surface area contributed by atoms with Gasteiger partial charge in [-0.1, -0.05) is 12.1 Å². The Balaban J connectivity index is 0.00000196. The van der Waals surface area contributed by atoms with Crippen LogP contribution in [0, 0.1) is 0 Å². The summed E-state index contributed by atoms with van der Waals surface area (Å²) in [6, 6.07) is 8.30. The molecule has 3 rings (SSSR count). The Labute approximate surface area is 180 Å². The van der Waals surface area contributed by atoms with Crippen molar-refractivity contribution in [2.24, 2.45) is 0 Å². The van der Waals surface area contributed by atoms with Crippen molar-refractivity contribution in [1.29, 1.82) is 0 Å². The van der Waals surface area contributed by atoms with Crippen LogP contribution in [0.25, 0.3) is 0 Å². The maximum absolute atomic E-state index is 13.0. The topological polar surface area (TPSA) is 54.0 Å². The number of halogens is 2. The third-order valence-electron chi connectivity index (χ3n) is 5.49. The zero-order valence-electron chi connectivity index (χ0n) is 16.8. The van der Waals surface area contributed by atoms with Crippen molar-refractivity contribution in [3.63, 3.8) is 0 Å². The quantitative estimate of drug-likeness (QED) is 0.745. The van der Waals surface area contributed by atoms with E-state index in [1.165, 1.54) is 5.56 Å². The number of amides is 1. The fraction of sp³-hybridized carbons (Fsp3) is 0.650. The monoisotopic (exact) mass is 433 g/mol. The first-order chi connectivity index (χ1) is 12.7. The molecule has 0 unspecified atom stereocenters. The van der Waals surface area contributed by atoms with E-state index in [9.17, 15) is 4.79 Å². The number of ether oxygens (including phenoxy) is 2.